The molecule has 1 unspecified atom stereocenters. The van der Waals surface area contributed by atoms with Crippen LogP contribution in [0.3, 0.4) is 0 Å². The van der Waals surface area contributed by atoms with Crippen molar-refractivity contribution in [1.29, 1.82) is 0 Å². The predicted molar refractivity (Wildman–Crippen MR) is 43.7 cm³/mol. The number of ketones is 1. The van der Waals surface area contributed by atoms with Crippen LogP contribution in [0.1, 0.15) is 30.8 Å². The van der Waals surface area contributed by atoms with Gasteiger partial charge in [-0.05, 0) is 18.0 Å². The van der Waals surface area contributed by atoms with Gasteiger partial charge in [-0.2, -0.15) is 0 Å². The van der Waals surface area contributed by atoms with E-state index in [2.05, 4.69) is 9.59 Å². The highest BCUT2D eigenvalue weighted by Crippen LogP contribution is 2.09. The van der Waals surface area contributed by atoms with Crippen molar-refractivity contribution in [2.45, 2.75) is 20.3 Å². The molecule has 0 amide bonds. The van der Waals surface area contributed by atoms with E-state index in [0.717, 1.165) is 6.42 Å². The molecule has 0 aliphatic rings. The van der Waals surface area contributed by atoms with Gasteiger partial charge in [0.2, 0.25) is 0 Å². The zero-order valence-electron chi connectivity index (χ0n) is 6.57. The fourth-order valence-electron chi connectivity index (χ4n) is 0.710. The molecule has 0 saturated heterocycles. The summed E-state index contributed by atoms with van der Waals surface area (Å²) in [6.45, 7) is 3.89. The molecule has 1 heterocycles. The summed E-state index contributed by atoms with van der Waals surface area (Å²) in [5.41, 5.74) is 0.504. The first-order chi connectivity index (χ1) is 5.25. The standard InChI is InChI=1S/C7H10N2OS/c1-3-5(2)7(10)6-4-11-9-8-6/h4-5H,3H2,1-2H3. The summed E-state index contributed by atoms with van der Waals surface area (Å²) in [5.74, 6) is 0.167. The van der Waals surface area contributed by atoms with E-state index in [9.17, 15) is 4.79 Å². The zero-order valence-corrected chi connectivity index (χ0v) is 7.39. The van der Waals surface area contributed by atoms with Gasteiger partial charge in [-0.25, -0.2) is 0 Å². The first-order valence-electron chi connectivity index (χ1n) is 3.57. The molecule has 0 aliphatic carbocycles. The molecule has 11 heavy (non-hydrogen) atoms. The molecule has 1 atom stereocenters. The van der Waals surface area contributed by atoms with Crippen LogP contribution in [0.5, 0.6) is 0 Å². The monoisotopic (exact) mass is 170 g/mol. The van der Waals surface area contributed by atoms with Crippen LogP contribution in [0.2, 0.25) is 0 Å². The van der Waals surface area contributed by atoms with Gasteiger partial charge in [0.05, 0.1) is 0 Å². The Morgan fingerprint density at radius 3 is 3.00 bits per heavy atom. The zero-order chi connectivity index (χ0) is 8.27. The van der Waals surface area contributed by atoms with E-state index in [1.165, 1.54) is 11.5 Å². The Hall–Kier alpha value is -0.770. The number of carbonyl (C=O) groups is 1. The summed E-state index contributed by atoms with van der Waals surface area (Å²) in [6.07, 6.45) is 0.857. The van der Waals surface area contributed by atoms with Crippen LogP contribution >= 0.6 is 11.5 Å². The number of carbonyl (C=O) groups excluding carboxylic acids is 1. The topological polar surface area (TPSA) is 42.9 Å². The summed E-state index contributed by atoms with van der Waals surface area (Å²) in [7, 11) is 0. The average molecular weight is 170 g/mol. The first-order valence-corrected chi connectivity index (χ1v) is 4.40. The molecule has 3 nitrogen and oxygen atoms in total. The summed E-state index contributed by atoms with van der Waals surface area (Å²) < 4.78 is 3.63. The molecule has 60 valence electrons. The minimum atomic E-state index is 0.0684. The van der Waals surface area contributed by atoms with Gasteiger partial charge in [0.1, 0.15) is 5.69 Å². The van der Waals surface area contributed by atoms with Gasteiger partial charge < -0.3 is 0 Å². The van der Waals surface area contributed by atoms with Gasteiger partial charge in [-0.15, -0.1) is 5.10 Å². The van der Waals surface area contributed by atoms with Crippen LogP contribution in [0.4, 0.5) is 0 Å². The smallest absolute Gasteiger partial charge is 0.186 e. The predicted octanol–water partition coefficient (Wildman–Crippen LogP) is 1.77. The summed E-state index contributed by atoms with van der Waals surface area (Å²) >= 11 is 1.21. The minimum Gasteiger partial charge on any atom is -0.292 e. The van der Waals surface area contributed by atoms with E-state index >= 15 is 0 Å². The maximum Gasteiger partial charge on any atom is 0.186 e. The molecule has 0 saturated carbocycles. The molecule has 0 fully saturated rings. The highest BCUT2D eigenvalue weighted by atomic mass is 32.1. The van der Waals surface area contributed by atoms with E-state index in [1.54, 1.807) is 5.38 Å². The Balaban J connectivity index is 2.70. The van der Waals surface area contributed by atoms with E-state index in [1.807, 2.05) is 13.8 Å². The van der Waals surface area contributed by atoms with Crippen LogP contribution in [0, 0.1) is 5.92 Å². The second-order valence-corrected chi connectivity index (χ2v) is 3.07. The van der Waals surface area contributed by atoms with E-state index < -0.39 is 0 Å². The van der Waals surface area contributed by atoms with Gasteiger partial charge in [0.25, 0.3) is 0 Å². The maximum atomic E-state index is 11.3. The number of nitrogens with zero attached hydrogens (tertiary/aromatic N) is 2. The van der Waals surface area contributed by atoms with Crippen LogP contribution in [0.25, 0.3) is 0 Å². The summed E-state index contributed by atoms with van der Waals surface area (Å²) in [6, 6.07) is 0. The van der Waals surface area contributed by atoms with Crippen molar-refractivity contribution in [2.75, 3.05) is 0 Å². The lowest BCUT2D eigenvalue weighted by atomic mass is 10.0. The van der Waals surface area contributed by atoms with Crippen molar-refractivity contribution >= 4 is 17.3 Å². The van der Waals surface area contributed by atoms with Gasteiger partial charge in [0.15, 0.2) is 5.78 Å². The normalized spacial score (nSPS) is 12.9. The molecule has 0 aromatic carbocycles. The van der Waals surface area contributed by atoms with E-state index in [0.29, 0.717) is 5.69 Å². The van der Waals surface area contributed by atoms with Crippen LogP contribution in [-0.4, -0.2) is 15.4 Å². The molecule has 4 heteroatoms. The molecule has 0 aliphatic heterocycles. The number of aromatic nitrogens is 2. The second kappa shape index (κ2) is 3.57. The molecule has 0 radical (unpaired) electrons. The second-order valence-electron chi connectivity index (χ2n) is 2.46. The van der Waals surface area contributed by atoms with Crippen molar-refractivity contribution in [1.82, 2.24) is 9.59 Å². The number of hydrogen-bond donors (Lipinski definition) is 0. The third kappa shape index (κ3) is 1.83. The van der Waals surface area contributed by atoms with Crippen molar-refractivity contribution in [3.8, 4) is 0 Å². The van der Waals surface area contributed by atoms with Crippen molar-refractivity contribution in [3.05, 3.63) is 11.1 Å². The van der Waals surface area contributed by atoms with Gasteiger partial charge in [-0.3, -0.25) is 4.79 Å². The molecule has 0 spiro atoms. The molecule has 1 aromatic rings. The number of Topliss-reactive ketones (excluding diaryl/α,β-unsaturated/α-hetero) is 1. The van der Waals surface area contributed by atoms with Crippen LogP contribution < -0.4 is 0 Å². The van der Waals surface area contributed by atoms with E-state index in [-0.39, 0.29) is 11.7 Å². The lowest BCUT2D eigenvalue weighted by Gasteiger charge is -2.01. The molecule has 1 aromatic heterocycles. The molecule has 0 bridgehead atoms. The average Bonchev–Trinajstić information content (AvgIpc) is 2.53. The third-order valence-electron chi connectivity index (χ3n) is 1.67. The van der Waals surface area contributed by atoms with Gasteiger partial charge in [-0.1, -0.05) is 18.3 Å². The fraction of sp³-hybridized carbons (Fsp3) is 0.571. The van der Waals surface area contributed by atoms with Crippen molar-refractivity contribution in [3.63, 3.8) is 0 Å². The third-order valence-corrected chi connectivity index (χ3v) is 2.18. The highest BCUT2D eigenvalue weighted by molar-refractivity contribution is 7.03. The molecule has 0 N–H and O–H groups in total. The Labute approximate surface area is 69.6 Å². The van der Waals surface area contributed by atoms with E-state index in [4.69, 9.17) is 0 Å². The van der Waals surface area contributed by atoms with Gasteiger partial charge in [0, 0.05) is 11.3 Å². The van der Waals surface area contributed by atoms with Crippen molar-refractivity contribution in [2.24, 2.45) is 5.92 Å². The van der Waals surface area contributed by atoms with Crippen LogP contribution in [-0.2, 0) is 0 Å². The lowest BCUT2D eigenvalue weighted by molar-refractivity contribution is 0.0922. The highest BCUT2D eigenvalue weighted by Gasteiger charge is 2.14. The quantitative estimate of drug-likeness (QED) is 0.649. The van der Waals surface area contributed by atoms with Gasteiger partial charge >= 0.3 is 0 Å². The SMILES string of the molecule is CCC(C)C(=O)c1csnn1. The summed E-state index contributed by atoms with van der Waals surface area (Å²) in [5, 5.41) is 5.39. The molecule has 1 rings (SSSR count). The first kappa shape index (κ1) is 8.33. The largest absolute Gasteiger partial charge is 0.292 e. The minimum absolute atomic E-state index is 0.0684. The van der Waals surface area contributed by atoms with Crippen LogP contribution in [0.15, 0.2) is 5.38 Å². The Morgan fingerprint density at radius 2 is 2.55 bits per heavy atom. The Kier molecular flexibility index (Phi) is 2.70. The summed E-state index contributed by atoms with van der Waals surface area (Å²) in [4.78, 5) is 11.3. The Bertz CT molecular complexity index is 233. The maximum absolute atomic E-state index is 11.3. The lowest BCUT2D eigenvalue weighted by Crippen LogP contribution is -2.10. The number of hydrogen-bond acceptors (Lipinski definition) is 4. The Morgan fingerprint density at radius 1 is 1.82 bits per heavy atom. The molecular weight excluding hydrogens is 160 g/mol. The van der Waals surface area contributed by atoms with Crippen molar-refractivity contribution < 1.29 is 4.79 Å². The molecular formula is C7H10N2OS. The fourth-order valence-corrected chi connectivity index (χ4v) is 1.16. The number of rotatable bonds is 3.